The first-order valence-corrected chi connectivity index (χ1v) is 7.89. The molecule has 2 aliphatic rings. The van der Waals surface area contributed by atoms with Crippen molar-refractivity contribution >= 4 is 11.4 Å². The Labute approximate surface area is 125 Å². The van der Waals surface area contributed by atoms with Gasteiger partial charge in [0.25, 0.3) is 5.69 Å². The van der Waals surface area contributed by atoms with Crippen LogP contribution in [0, 0.1) is 17.0 Å². The molecule has 0 atom stereocenters. The number of anilines is 1. The lowest BCUT2D eigenvalue weighted by Crippen LogP contribution is -2.44. The maximum atomic E-state index is 10.8. The number of aryl methyl sites for hydroxylation is 1. The minimum atomic E-state index is -0.323. The minimum absolute atomic E-state index is 0.184. The molecule has 0 saturated carbocycles. The first-order valence-electron chi connectivity index (χ1n) is 7.89. The van der Waals surface area contributed by atoms with Gasteiger partial charge in [0, 0.05) is 37.0 Å². The number of likely N-dealkylation sites (tertiary alicyclic amines) is 1. The third kappa shape index (κ3) is 3.02. The molecule has 0 aromatic heterocycles. The number of nitrogens with zero attached hydrogens (tertiary/aromatic N) is 3. The summed E-state index contributed by atoms with van der Waals surface area (Å²) in [4.78, 5) is 15.5. The Morgan fingerprint density at radius 2 is 1.81 bits per heavy atom. The fourth-order valence-electron chi connectivity index (χ4n) is 3.69. The van der Waals surface area contributed by atoms with Crippen molar-refractivity contribution in [3.63, 3.8) is 0 Å². The highest BCUT2D eigenvalue weighted by molar-refractivity contribution is 5.57. The van der Waals surface area contributed by atoms with Crippen molar-refractivity contribution in [3.8, 4) is 0 Å². The van der Waals surface area contributed by atoms with Gasteiger partial charge >= 0.3 is 0 Å². The standard InChI is InChI=1S/C16H23N3O2/c1-13-12-15(19(20)21)4-5-16(13)18-10-6-14(7-11-18)17-8-2-3-9-17/h4-5,12,14H,2-3,6-11H2,1H3. The van der Waals surface area contributed by atoms with Gasteiger partial charge in [0.1, 0.15) is 0 Å². The second kappa shape index (κ2) is 6.02. The molecule has 5 nitrogen and oxygen atoms in total. The van der Waals surface area contributed by atoms with Crippen molar-refractivity contribution in [3.05, 3.63) is 33.9 Å². The average molecular weight is 289 g/mol. The third-order valence-corrected chi connectivity index (χ3v) is 4.85. The average Bonchev–Trinajstić information content (AvgIpc) is 3.01. The second-order valence-electron chi connectivity index (χ2n) is 6.19. The summed E-state index contributed by atoms with van der Waals surface area (Å²) in [7, 11) is 0. The molecule has 2 fully saturated rings. The normalized spacial score (nSPS) is 20.9. The smallest absolute Gasteiger partial charge is 0.269 e. The lowest BCUT2D eigenvalue weighted by atomic mass is 10.0. The largest absolute Gasteiger partial charge is 0.371 e. The Hall–Kier alpha value is -1.62. The van der Waals surface area contributed by atoms with E-state index in [1.54, 1.807) is 12.1 Å². The number of piperidine rings is 1. The maximum Gasteiger partial charge on any atom is 0.269 e. The molecular weight excluding hydrogens is 266 g/mol. The predicted molar refractivity (Wildman–Crippen MR) is 83.9 cm³/mol. The molecule has 0 N–H and O–H groups in total. The number of rotatable bonds is 3. The van der Waals surface area contributed by atoms with E-state index in [1.807, 2.05) is 13.0 Å². The van der Waals surface area contributed by atoms with E-state index in [0.29, 0.717) is 0 Å². The molecule has 0 radical (unpaired) electrons. The van der Waals surface area contributed by atoms with Crippen LogP contribution in [0.25, 0.3) is 0 Å². The first kappa shape index (κ1) is 14.3. The van der Waals surface area contributed by atoms with Crippen molar-refractivity contribution < 1.29 is 4.92 Å². The summed E-state index contributed by atoms with van der Waals surface area (Å²) >= 11 is 0. The van der Waals surface area contributed by atoms with Crippen LogP contribution in [0.1, 0.15) is 31.2 Å². The molecule has 3 rings (SSSR count). The van der Waals surface area contributed by atoms with Gasteiger partial charge in [-0.1, -0.05) is 0 Å². The number of hydrogen-bond acceptors (Lipinski definition) is 4. The summed E-state index contributed by atoms with van der Waals surface area (Å²) in [6.07, 6.45) is 5.11. The summed E-state index contributed by atoms with van der Waals surface area (Å²) in [6, 6.07) is 5.95. The monoisotopic (exact) mass is 289 g/mol. The van der Waals surface area contributed by atoms with Crippen molar-refractivity contribution in [1.29, 1.82) is 0 Å². The van der Waals surface area contributed by atoms with Crippen LogP contribution < -0.4 is 4.90 Å². The van der Waals surface area contributed by atoms with E-state index in [0.717, 1.165) is 30.4 Å². The van der Waals surface area contributed by atoms with Crippen LogP contribution in [0.2, 0.25) is 0 Å². The SMILES string of the molecule is Cc1cc([N+](=O)[O-])ccc1N1CCC(N2CCCC2)CC1. The van der Waals surface area contributed by atoms with Crippen LogP contribution in [0.5, 0.6) is 0 Å². The molecule has 0 bridgehead atoms. The van der Waals surface area contributed by atoms with Crippen molar-refractivity contribution in [2.24, 2.45) is 0 Å². The second-order valence-corrected chi connectivity index (χ2v) is 6.19. The van der Waals surface area contributed by atoms with Crippen LogP contribution in [-0.4, -0.2) is 42.0 Å². The molecule has 0 spiro atoms. The zero-order valence-electron chi connectivity index (χ0n) is 12.6. The topological polar surface area (TPSA) is 49.6 Å². The fourth-order valence-corrected chi connectivity index (χ4v) is 3.69. The zero-order valence-corrected chi connectivity index (χ0v) is 12.6. The maximum absolute atomic E-state index is 10.8. The molecule has 2 heterocycles. The molecule has 2 saturated heterocycles. The lowest BCUT2D eigenvalue weighted by Gasteiger charge is -2.38. The third-order valence-electron chi connectivity index (χ3n) is 4.85. The van der Waals surface area contributed by atoms with Gasteiger partial charge in [-0.3, -0.25) is 10.1 Å². The zero-order chi connectivity index (χ0) is 14.8. The highest BCUT2D eigenvalue weighted by Gasteiger charge is 2.27. The van der Waals surface area contributed by atoms with E-state index in [4.69, 9.17) is 0 Å². The summed E-state index contributed by atoms with van der Waals surface area (Å²) in [5, 5.41) is 10.8. The summed E-state index contributed by atoms with van der Waals surface area (Å²) in [6.45, 7) is 6.61. The Kier molecular flexibility index (Phi) is 4.10. The van der Waals surface area contributed by atoms with E-state index in [1.165, 1.54) is 38.8 Å². The van der Waals surface area contributed by atoms with Crippen LogP contribution in [0.15, 0.2) is 18.2 Å². The van der Waals surface area contributed by atoms with Crippen LogP contribution >= 0.6 is 0 Å². The van der Waals surface area contributed by atoms with E-state index >= 15 is 0 Å². The molecule has 1 aromatic carbocycles. The Morgan fingerprint density at radius 3 is 2.38 bits per heavy atom. The molecule has 0 aliphatic carbocycles. The van der Waals surface area contributed by atoms with Gasteiger partial charge in [0.2, 0.25) is 0 Å². The summed E-state index contributed by atoms with van der Waals surface area (Å²) in [5.41, 5.74) is 2.34. The number of nitro benzene ring substituents is 1. The number of non-ortho nitro benzene ring substituents is 1. The van der Waals surface area contributed by atoms with Gasteiger partial charge in [-0.25, -0.2) is 0 Å². The van der Waals surface area contributed by atoms with Crippen LogP contribution in [0.4, 0.5) is 11.4 Å². The van der Waals surface area contributed by atoms with Gasteiger partial charge in [-0.2, -0.15) is 0 Å². The van der Waals surface area contributed by atoms with Gasteiger partial charge in [-0.05, 0) is 57.3 Å². The molecule has 2 aliphatic heterocycles. The number of hydrogen-bond donors (Lipinski definition) is 0. The van der Waals surface area contributed by atoms with Crippen molar-refractivity contribution in [2.45, 2.75) is 38.6 Å². The van der Waals surface area contributed by atoms with E-state index in [9.17, 15) is 10.1 Å². The van der Waals surface area contributed by atoms with Crippen molar-refractivity contribution in [1.82, 2.24) is 4.90 Å². The van der Waals surface area contributed by atoms with Crippen molar-refractivity contribution in [2.75, 3.05) is 31.1 Å². The highest BCUT2D eigenvalue weighted by Crippen LogP contribution is 2.29. The summed E-state index contributed by atoms with van der Waals surface area (Å²) in [5.74, 6) is 0. The van der Waals surface area contributed by atoms with E-state index in [-0.39, 0.29) is 10.6 Å². The van der Waals surface area contributed by atoms with Gasteiger partial charge in [0.05, 0.1) is 4.92 Å². The Morgan fingerprint density at radius 1 is 1.14 bits per heavy atom. The quantitative estimate of drug-likeness (QED) is 0.634. The van der Waals surface area contributed by atoms with Gasteiger partial charge < -0.3 is 9.80 Å². The lowest BCUT2D eigenvalue weighted by molar-refractivity contribution is -0.384. The van der Waals surface area contributed by atoms with E-state index < -0.39 is 0 Å². The van der Waals surface area contributed by atoms with E-state index in [2.05, 4.69) is 9.80 Å². The van der Waals surface area contributed by atoms with Crippen LogP contribution in [-0.2, 0) is 0 Å². The molecule has 0 amide bonds. The van der Waals surface area contributed by atoms with Crippen LogP contribution in [0.3, 0.4) is 0 Å². The number of nitro groups is 1. The predicted octanol–water partition coefficient (Wildman–Crippen LogP) is 2.97. The molecule has 5 heteroatoms. The molecule has 1 aromatic rings. The van der Waals surface area contributed by atoms with Gasteiger partial charge in [0.15, 0.2) is 0 Å². The number of benzene rings is 1. The summed E-state index contributed by atoms with van der Waals surface area (Å²) < 4.78 is 0. The first-order chi connectivity index (χ1) is 10.1. The minimum Gasteiger partial charge on any atom is -0.371 e. The Balaban J connectivity index is 1.65. The molecular formula is C16H23N3O2. The molecule has 114 valence electrons. The molecule has 0 unspecified atom stereocenters. The highest BCUT2D eigenvalue weighted by atomic mass is 16.6. The Bertz CT molecular complexity index is 518. The fraction of sp³-hybridized carbons (Fsp3) is 0.625. The molecule has 21 heavy (non-hydrogen) atoms. The van der Waals surface area contributed by atoms with Gasteiger partial charge in [-0.15, -0.1) is 0 Å².